The number of aromatic nitrogens is 1. The second-order valence-electron chi connectivity index (χ2n) is 4.42. The van der Waals surface area contributed by atoms with Gasteiger partial charge in [0.2, 0.25) is 0 Å². The van der Waals surface area contributed by atoms with Crippen LogP contribution in [-0.4, -0.2) is 4.98 Å². The van der Waals surface area contributed by atoms with E-state index >= 15 is 0 Å². The molecule has 0 radical (unpaired) electrons. The fraction of sp³-hybridized carbons (Fsp3) is 0.583. The van der Waals surface area contributed by atoms with Crippen LogP contribution in [0.3, 0.4) is 0 Å². The fourth-order valence-electron chi connectivity index (χ4n) is 1.61. The van der Waals surface area contributed by atoms with Gasteiger partial charge in [-0.25, -0.2) is 0 Å². The Bertz CT molecular complexity index is 291. The van der Waals surface area contributed by atoms with Crippen LogP contribution >= 0.6 is 0 Å². The Morgan fingerprint density at radius 3 is 2.54 bits per heavy atom. The van der Waals surface area contributed by atoms with Gasteiger partial charge in [-0.1, -0.05) is 13.8 Å². The van der Waals surface area contributed by atoms with Gasteiger partial charge in [-0.2, -0.15) is 0 Å². The third kappa shape index (κ3) is 1.90. The van der Waals surface area contributed by atoms with Crippen molar-refractivity contribution in [3.05, 3.63) is 29.1 Å². The smallest absolute Gasteiger partial charge is 0.0440 e. The van der Waals surface area contributed by atoms with Crippen molar-refractivity contribution >= 4 is 0 Å². The zero-order chi connectivity index (χ0) is 9.42. The molecule has 1 nitrogen and oxygen atoms in total. The molecule has 1 heteroatoms. The van der Waals surface area contributed by atoms with E-state index in [0.717, 1.165) is 5.92 Å². The number of hydrogen-bond donors (Lipinski definition) is 0. The molecule has 1 saturated carbocycles. The molecule has 0 aromatic carbocycles. The predicted molar refractivity (Wildman–Crippen MR) is 55.0 cm³/mol. The lowest BCUT2D eigenvalue weighted by Crippen LogP contribution is -1.97. The Labute approximate surface area is 80.2 Å². The second-order valence-corrected chi connectivity index (χ2v) is 4.42. The number of pyridine rings is 1. The molecule has 0 N–H and O–H groups in total. The lowest BCUT2D eigenvalue weighted by Gasteiger charge is -2.08. The number of nitrogens with zero attached hydrogens (tertiary/aromatic N) is 1. The summed E-state index contributed by atoms with van der Waals surface area (Å²) < 4.78 is 0. The minimum absolute atomic E-state index is 0.553. The van der Waals surface area contributed by atoms with Crippen molar-refractivity contribution in [1.82, 2.24) is 4.98 Å². The zero-order valence-corrected chi connectivity index (χ0v) is 8.67. The monoisotopic (exact) mass is 175 g/mol. The van der Waals surface area contributed by atoms with E-state index in [1.165, 1.54) is 29.8 Å². The van der Waals surface area contributed by atoms with Crippen molar-refractivity contribution in [2.45, 2.75) is 45.4 Å². The van der Waals surface area contributed by atoms with E-state index in [2.05, 4.69) is 32.9 Å². The highest BCUT2D eigenvalue weighted by molar-refractivity contribution is 5.26. The predicted octanol–water partition coefficient (Wildman–Crippen LogP) is 3.39. The summed E-state index contributed by atoms with van der Waals surface area (Å²) in [6.45, 7) is 6.58. The van der Waals surface area contributed by atoms with Crippen molar-refractivity contribution in [3.8, 4) is 0 Å². The summed E-state index contributed by atoms with van der Waals surface area (Å²) in [6, 6.07) is 4.44. The molecule has 2 rings (SSSR count). The maximum absolute atomic E-state index is 4.70. The van der Waals surface area contributed by atoms with E-state index in [9.17, 15) is 0 Å². The molecule has 1 heterocycles. The van der Waals surface area contributed by atoms with Crippen LogP contribution in [0.25, 0.3) is 0 Å². The summed E-state index contributed by atoms with van der Waals surface area (Å²) in [7, 11) is 0. The van der Waals surface area contributed by atoms with Gasteiger partial charge in [-0.3, -0.25) is 4.98 Å². The van der Waals surface area contributed by atoms with Gasteiger partial charge in [-0.15, -0.1) is 0 Å². The topological polar surface area (TPSA) is 12.9 Å². The van der Waals surface area contributed by atoms with Crippen molar-refractivity contribution in [3.63, 3.8) is 0 Å². The van der Waals surface area contributed by atoms with Gasteiger partial charge in [0.05, 0.1) is 0 Å². The average Bonchev–Trinajstić information content (AvgIpc) is 2.85. The highest BCUT2D eigenvalue weighted by atomic mass is 14.7. The van der Waals surface area contributed by atoms with Gasteiger partial charge in [0, 0.05) is 17.3 Å². The maximum Gasteiger partial charge on any atom is 0.0440 e. The molecular formula is C12H17N. The third-order valence-corrected chi connectivity index (χ3v) is 2.60. The molecular weight excluding hydrogens is 158 g/mol. The molecule has 1 aromatic heterocycles. The Morgan fingerprint density at radius 1 is 1.31 bits per heavy atom. The van der Waals surface area contributed by atoms with Crippen molar-refractivity contribution in [2.75, 3.05) is 0 Å². The third-order valence-electron chi connectivity index (χ3n) is 2.60. The Hall–Kier alpha value is -0.850. The molecule has 0 spiro atoms. The molecule has 13 heavy (non-hydrogen) atoms. The van der Waals surface area contributed by atoms with E-state index < -0.39 is 0 Å². The molecule has 1 aliphatic rings. The van der Waals surface area contributed by atoms with E-state index in [1.54, 1.807) is 0 Å². The Kier molecular flexibility index (Phi) is 2.10. The lowest BCUT2D eigenvalue weighted by molar-refractivity contribution is 0.802. The van der Waals surface area contributed by atoms with Crippen LogP contribution in [-0.2, 0) is 0 Å². The van der Waals surface area contributed by atoms with Gasteiger partial charge in [0.1, 0.15) is 0 Å². The van der Waals surface area contributed by atoms with Crippen LogP contribution in [0.15, 0.2) is 12.1 Å². The second kappa shape index (κ2) is 3.13. The fourth-order valence-corrected chi connectivity index (χ4v) is 1.61. The molecule has 1 fully saturated rings. The number of hydrogen-bond acceptors (Lipinski definition) is 1. The molecule has 1 aromatic rings. The molecule has 0 amide bonds. The van der Waals surface area contributed by atoms with E-state index in [-0.39, 0.29) is 0 Å². The largest absolute Gasteiger partial charge is 0.257 e. The Morgan fingerprint density at radius 2 is 2.00 bits per heavy atom. The van der Waals surface area contributed by atoms with Gasteiger partial charge in [-0.05, 0) is 43.4 Å². The summed E-state index contributed by atoms with van der Waals surface area (Å²) >= 11 is 0. The van der Waals surface area contributed by atoms with Crippen LogP contribution in [0.5, 0.6) is 0 Å². The number of aryl methyl sites for hydroxylation is 1. The van der Waals surface area contributed by atoms with Gasteiger partial charge < -0.3 is 0 Å². The molecule has 0 aliphatic heterocycles. The molecule has 0 bridgehead atoms. The van der Waals surface area contributed by atoms with Crippen LogP contribution < -0.4 is 0 Å². The quantitative estimate of drug-likeness (QED) is 0.671. The summed E-state index contributed by atoms with van der Waals surface area (Å²) in [5.41, 5.74) is 3.94. The van der Waals surface area contributed by atoms with Crippen molar-refractivity contribution < 1.29 is 0 Å². The summed E-state index contributed by atoms with van der Waals surface area (Å²) in [4.78, 5) is 4.70. The van der Waals surface area contributed by atoms with Crippen molar-refractivity contribution in [2.24, 2.45) is 0 Å². The van der Waals surface area contributed by atoms with E-state index in [4.69, 9.17) is 4.98 Å². The molecule has 1 aliphatic carbocycles. The first-order valence-corrected chi connectivity index (χ1v) is 5.15. The minimum atomic E-state index is 0.553. The maximum atomic E-state index is 4.70. The summed E-state index contributed by atoms with van der Waals surface area (Å²) in [5.74, 6) is 1.33. The van der Waals surface area contributed by atoms with Crippen LogP contribution in [0.4, 0.5) is 0 Å². The summed E-state index contributed by atoms with van der Waals surface area (Å²) in [5, 5.41) is 0. The van der Waals surface area contributed by atoms with Gasteiger partial charge in [0.25, 0.3) is 0 Å². The normalized spacial score (nSPS) is 16.6. The van der Waals surface area contributed by atoms with Gasteiger partial charge in [0.15, 0.2) is 0 Å². The SMILES string of the molecule is Cc1cc(C(C)C)nc(C2CC2)c1. The average molecular weight is 175 g/mol. The molecule has 0 atom stereocenters. The standard InChI is InChI=1S/C12H17N/c1-8(2)11-6-9(3)7-12(13-11)10-4-5-10/h6-8,10H,4-5H2,1-3H3. The molecule has 0 saturated heterocycles. The minimum Gasteiger partial charge on any atom is -0.257 e. The van der Waals surface area contributed by atoms with Crippen LogP contribution in [0, 0.1) is 6.92 Å². The first-order valence-electron chi connectivity index (χ1n) is 5.15. The first kappa shape index (κ1) is 8.74. The lowest BCUT2D eigenvalue weighted by atomic mass is 10.1. The highest BCUT2D eigenvalue weighted by Crippen LogP contribution is 2.39. The van der Waals surface area contributed by atoms with Crippen LogP contribution in [0.2, 0.25) is 0 Å². The van der Waals surface area contributed by atoms with Crippen molar-refractivity contribution in [1.29, 1.82) is 0 Å². The highest BCUT2D eigenvalue weighted by Gasteiger charge is 2.25. The number of rotatable bonds is 2. The molecule has 0 unspecified atom stereocenters. The molecule has 70 valence electrons. The zero-order valence-electron chi connectivity index (χ0n) is 8.67. The first-order chi connectivity index (χ1) is 6.16. The van der Waals surface area contributed by atoms with E-state index in [1.807, 2.05) is 0 Å². The Balaban J connectivity index is 2.36. The van der Waals surface area contributed by atoms with Crippen LogP contribution in [0.1, 0.15) is 55.5 Å². The summed E-state index contributed by atoms with van der Waals surface area (Å²) in [6.07, 6.45) is 2.68. The van der Waals surface area contributed by atoms with E-state index in [0.29, 0.717) is 5.92 Å². The van der Waals surface area contributed by atoms with Gasteiger partial charge >= 0.3 is 0 Å².